The lowest BCUT2D eigenvalue weighted by Crippen LogP contribution is -2.48. The number of carbonyl (C=O) groups excluding carboxylic acids is 1. The van der Waals surface area contributed by atoms with E-state index in [-0.39, 0.29) is 30.3 Å². The molecule has 4 rings (SSSR count). The molecule has 1 N–H and O–H groups in total. The predicted octanol–water partition coefficient (Wildman–Crippen LogP) is 4.21. The Bertz CT molecular complexity index is 989. The SMILES string of the molecule is CC(C)c1noc2ncc(C(=O)N3CCNCC3c3cccc(Cl)c3)cc12.Cl. The fourth-order valence-electron chi connectivity index (χ4n) is 3.51. The molecular weight excluding hydrogens is 399 g/mol. The molecule has 1 fully saturated rings. The van der Waals surface area contributed by atoms with E-state index in [2.05, 4.69) is 15.5 Å². The monoisotopic (exact) mass is 420 g/mol. The molecular formula is C20H22Cl2N4O2. The molecule has 1 aliphatic rings. The topological polar surface area (TPSA) is 71.3 Å². The molecule has 1 aliphatic heterocycles. The highest BCUT2D eigenvalue weighted by atomic mass is 35.5. The molecule has 0 bridgehead atoms. The van der Waals surface area contributed by atoms with Crippen molar-refractivity contribution in [2.45, 2.75) is 25.8 Å². The van der Waals surface area contributed by atoms with E-state index in [1.165, 1.54) is 0 Å². The zero-order chi connectivity index (χ0) is 19.0. The van der Waals surface area contributed by atoms with Gasteiger partial charge in [0.05, 0.1) is 22.7 Å². The third-order valence-electron chi connectivity index (χ3n) is 4.89. The minimum atomic E-state index is -0.0762. The quantitative estimate of drug-likeness (QED) is 0.686. The smallest absolute Gasteiger partial charge is 0.257 e. The van der Waals surface area contributed by atoms with E-state index >= 15 is 0 Å². The van der Waals surface area contributed by atoms with Crippen LogP contribution in [0.15, 0.2) is 41.1 Å². The number of amides is 1. The number of pyridine rings is 1. The van der Waals surface area contributed by atoms with Crippen LogP contribution < -0.4 is 5.32 Å². The maximum absolute atomic E-state index is 13.3. The van der Waals surface area contributed by atoms with Crippen molar-refractivity contribution >= 4 is 41.0 Å². The summed E-state index contributed by atoms with van der Waals surface area (Å²) in [4.78, 5) is 19.5. The van der Waals surface area contributed by atoms with Crippen LogP contribution in [0.1, 0.15) is 47.4 Å². The number of aromatic nitrogens is 2. The second-order valence-corrected chi connectivity index (χ2v) is 7.51. The number of benzene rings is 1. The number of nitrogens with one attached hydrogen (secondary N) is 1. The molecule has 1 saturated heterocycles. The van der Waals surface area contributed by atoms with Gasteiger partial charge < -0.3 is 14.7 Å². The number of nitrogens with zero attached hydrogens (tertiary/aromatic N) is 3. The summed E-state index contributed by atoms with van der Waals surface area (Å²) >= 11 is 6.16. The van der Waals surface area contributed by atoms with Gasteiger partial charge in [-0.25, -0.2) is 4.98 Å². The zero-order valence-electron chi connectivity index (χ0n) is 15.7. The van der Waals surface area contributed by atoms with E-state index in [0.29, 0.717) is 29.4 Å². The predicted molar refractivity (Wildman–Crippen MR) is 111 cm³/mol. The molecule has 1 amide bonds. The molecule has 3 aromatic rings. The molecule has 6 nitrogen and oxygen atoms in total. The number of rotatable bonds is 3. The van der Waals surface area contributed by atoms with Crippen LogP contribution in [-0.2, 0) is 0 Å². The molecule has 3 heterocycles. The number of fused-ring (bicyclic) bond motifs is 1. The van der Waals surface area contributed by atoms with Gasteiger partial charge in [0.15, 0.2) is 0 Å². The molecule has 1 atom stereocenters. The molecule has 0 saturated carbocycles. The highest BCUT2D eigenvalue weighted by molar-refractivity contribution is 6.30. The van der Waals surface area contributed by atoms with E-state index in [4.69, 9.17) is 16.1 Å². The van der Waals surface area contributed by atoms with Gasteiger partial charge in [0, 0.05) is 30.9 Å². The van der Waals surface area contributed by atoms with E-state index < -0.39 is 0 Å². The number of halogens is 2. The van der Waals surface area contributed by atoms with Crippen molar-refractivity contribution < 1.29 is 9.32 Å². The Hall–Kier alpha value is -2.15. The Kier molecular flexibility index (Phi) is 6.23. The van der Waals surface area contributed by atoms with Gasteiger partial charge >= 0.3 is 0 Å². The third-order valence-corrected chi connectivity index (χ3v) is 5.12. The van der Waals surface area contributed by atoms with Gasteiger partial charge in [0.2, 0.25) is 0 Å². The molecule has 0 spiro atoms. The van der Waals surface area contributed by atoms with E-state index in [1.807, 2.05) is 49.1 Å². The summed E-state index contributed by atoms with van der Waals surface area (Å²) in [7, 11) is 0. The first kappa shape index (κ1) is 20.6. The molecule has 1 aromatic carbocycles. The van der Waals surface area contributed by atoms with Crippen molar-refractivity contribution in [3.63, 3.8) is 0 Å². The second-order valence-electron chi connectivity index (χ2n) is 7.07. The van der Waals surface area contributed by atoms with Gasteiger partial charge in [-0.1, -0.05) is 42.7 Å². The molecule has 0 aliphatic carbocycles. The van der Waals surface area contributed by atoms with Gasteiger partial charge in [-0.15, -0.1) is 12.4 Å². The van der Waals surface area contributed by atoms with Crippen molar-refractivity contribution in [1.29, 1.82) is 0 Å². The molecule has 28 heavy (non-hydrogen) atoms. The summed E-state index contributed by atoms with van der Waals surface area (Å²) in [5.74, 6) is 0.142. The van der Waals surface area contributed by atoms with Gasteiger partial charge in [0.25, 0.3) is 11.6 Å². The third kappa shape index (κ3) is 3.85. The Balaban J connectivity index is 0.00000225. The summed E-state index contributed by atoms with van der Waals surface area (Å²) in [5, 5.41) is 8.92. The minimum Gasteiger partial charge on any atom is -0.336 e. The van der Waals surface area contributed by atoms with Crippen LogP contribution in [0.3, 0.4) is 0 Å². The van der Waals surface area contributed by atoms with Crippen LogP contribution >= 0.6 is 24.0 Å². The van der Waals surface area contributed by atoms with Gasteiger partial charge in [0.1, 0.15) is 0 Å². The average molecular weight is 421 g/mol. The number of hydrogen-bond donors (Lipinski definition) is 1. The molecule has 1 unspecified atom stereocenters. The van der Waals surface area contributed by atoms with Crippen LogP contribution in [0.5, 0.6) is 0 Å². The maximum Gasteiger partial charge on any atom is 0.257 e. The average Bonchev–Trinajstić information content (AvgIpc) is 3.11. The van der Waals surface area contributed by atoms with Crippen molar-refractivity contribution in [3.8, 4) is 0 Å². The normalized spacial score (nSPS) is 17.0. The summed E-state index contributed by atoms with van der Waals surface area (Å²) in [6.07, 6.45) is 1.57. The lowest BCUT2D eigenvalue weighted by Gasteiger charge is -2.36. The number of carbonyl (C=O) groups is 1. The molecule has 8 heteroatoms. The van der Waals surface area contributed by atoms with Crippen molar-refractivity contribution in [2.24, 2.45) is 0 Å². The lowest BCUT2D eigenvalue weighted by atomic mass is 10.0. The molecule has 148 valence electrons. The maximum atomic E-state index is 13.3. The highest BCUT2D eigenvalue weighted by Crippen LogP contribution is 2.28. The fraction of sp³-hybridized carbons (Fsp3) is 0.350. The highest BCUT2D eigenvalue weighted by Gasteiger charge is 2.29. The summed E-state index contributed by atoms with van der Waals surface area (Å²) in [6.45, 7) is 6.14. The van der Waals surface area contributed by atoms with Crippen LogP contribution in [0.2, 0.25) is 5.02 Å². The first-order valence-corrected chi connectivity index (χ1v) is 9.45. The van der Waals surface area contributed by atoms with Crippen molar-refractivity contribution in [3.05, 3.63) is 58.4 Å². The standard InChI is InChI=1S/C20H21ClN4O2.ClH/c1-12(2)18-16-9-14(10-23-19(16)27-24-18)20(26)25-7-6-22-11-17(25)13-4-3-5-15(21)8-13;/h3-5,8-10,12,17,22H,6-7,11H2,1-2H3;1H. The van der Waals surface area contributed by atoms with Gasteiger partial charge in [-0.05, 0) is 29.7 Å². The minimum absolute atomic E-state index is 0. The summed E-state index contributed by atoms with van der Waals surface area (Å²) in [6, 6.07) is 9.43. The Morgan fingerprint density at radius 3 is 2.93 bits per heavy atom. The first-order valence-electron chi connectivity index (χ1n) is 9.07. The summed E-state index contributed by atoms with van der Waals surface area (Å²) in [5.41, 5.74) is 2.84. The van der Waals surface area contributed by atoms with E-state index in [9.17, 15) is 4.79 Å². The van der Waals surface area contributed by atoms with Crippen LogP contribution in [-0.4, -0.2) is 40.6 Å². The van der Waals surface area contributed by atoms with Gasteiger partial charge in [-0.2, -0.15) is 0 Å². The first-order chi connectivity index (χ1) is 13.0. The summed E-state index contributed by atoms with van der Waals surface area (Å²) < 4.78 is 5.28. The number of piperazine rings is 1. The Morgan fingerprint density at radius 2 is 2.18 bits per heavy atom. The Labute approximate surface area is 174 Å². The second kappa shape index (κ2) is 8.47. The largest absolute Gasteiger partial charge is 0.336 e. The van der Waals surface area contributed by atoms with E-state index in [1.54, 1.807) is 6.20 Å². The Morgan fingerprint density at radius 1 is 1.36 bits per heavy atom. The molecule has 2 aromatic heterocycles. The number of hydrogen-bond acceptors (Lipinski definition) is 5. The van der Waals surface area contributed by atoms with Crippen LogP contribution in [0.25, 0.3) is 11.1 Å². The van der Waals surface area contributed by atoms with E-state index in [0.717, 1.165) is 23.2 Å². The fourth-order valence-corrected chi connectivity index (χ4v) is 3.71. The van der Waals surface area contributed by atoms with Gasteiger partial charge in [-0.3, -0.25) is 4.79 Å². The molecule has 0 radical (unpaired) electrons. The van der Waals surface area contributed by atoms with Crippen molar-refractivity contribution in [1.82, 2.24) is 20.4 Å². The lowest BCUT2D eigenvalue weighted by molar-refractivity contribution is 0.0634. The van der Waals surface area contributed by atoms with Crippen molar-refractivity contribution in [2.75, 3.05) is 19.6 Å². The van der Waals surface area contributed by atoms with Crippen LogP contribution in [0, 0.1) is 0 Å². The zero-order valence-corrected chi connectivity index (χ0v) is 17.3. The van der Waals surface area contributed by atoms with Crippen LogP contribution in [0.4, 0.5) is 0 Å².